The highest BCUT2D eigenvalue weighted by Crippen LogP contribution is 2.48. The van der Waals surface area contributed by atoms with Crippen LogP contribution in [-0.4, -0.2) is 48.0 Å². The molecule has 1 saturated carbocycles. The van der Waals surface area contributed by atoms with Crippen molar-refractivity contribution >= 4 is 10.0 Å². The van der Waals surface area contributed by atoms with Crippen molar-refractivity contribution in [3.63, 3.8) is 0 Å². The van der Waals surface area contributed by atoms with E-state index in [2.05, 4.69) is 10.0 Å². The van der Waals surface area contributed by atoms with Crippen LogP contribution in [0.4, 0.5) is 0 Å². The lowest BCUT2D eigenvalue weighted by Gasteiger charge is -2.15. The summed E-state index contributed by atoms with van der Waals surface area (Å²) in [6.45, 7) is 2.01. The zero-order valence-corrected chi connectivity index (χ0v) is 11.6. The second-order valence-electron chi connectivity index (χ2n) is 4.84. The minimum absolute atomic E-state index is 0.173. The average molecular weight is 264 g/mol. The Morgan fingerprint density at radius 3 is 2.59 bits per heavy atom. The first-order chi connectivity index (χ1) is 8.04. The van der Waals surface area contributed by atoms with Crippen LogP contribution >= 0.6 is 0 Å². The zero-order valence-electron chi connectivity index (χ0n) is 10.8. The summed E-state index contributed by atoms with van der Waals surface area (Å²) in [6, 6.07) is 0. The predicted molar refractivity (Wildman–Crippen MR) is 68.5 cm³/mol. The number of sulfonamides is 1. The highest BCUT2D eigenvalue weighted by atomic mass is 32.2. The van der Waals surface area contributed by atoms with E-state index in [0.29, 0.717) is 19.6 Å². The molecule has 1 aliphatic rings. The van der Waals surface area contributed by atoms with Crippen molar-refractivity contribution in [2.75, 3.05) is 39.6 Å². The average Bonchev–Trinajstić information content (AvgIpc) is 3.05. The molecule has 5 nitrogen and oxygen atoms in total. The highest BCUT2D eigenvalue weighted by Gasteiger charge is 2.42. The van der Waals surface area contributed by atoms with Gasteiger partial charge in [-0.3, -0.25) is 0 Å². The van der Waals surface area contributed by atoms with Crippen LogP contribution in [0.15, 0.2) is 0 Å². The lowest BCUT2D eigenvalue weighted by molar-refractivity contribution is 0.173. The number of hydrogen-bond acceptors (Lipinski definition) is 4. The van der Waals surface area contributed by atoms with Gasteiger partial charge < -0.3 is 10.1 Å². The Balaban J connectivity index is 2.24. The molecule has 102 valence electrons. The molecule has 0 saturated heterocycles. The Bertz CT molecular complexity index is 313. The highest BCUT2D eigenvalue weighted by molar-refractivity contribution is 7.89. The van der Waals surface area contributed by atoms with Crippen LogP contribution in [0, 0.1) is 5.41 Å². The molecule has 17 heavy (non-hydrogen) atoms. The standard InChI is InChI=1S/C11H24N2O3S/c1-12-7-3-9-17(14,15)13-10-11(4-5-11)6-8-16-2/h12-13H,3-10H2,1-2H3. The number of methoxy groups -OCH3 is 1. The van der Waals surface area contributed by atoms with Crippen molar-refractivity contribution in [3.05, 3.63) is 0 Å². The minimum Gasteiger partial charge on any atom is -0.385 e. The van der Waals surface area contributed by atoms with Crippen molar-refractivity contribution in [1.82, 2.24) is 10.0 Å². The fourth-order valence-corrected chi connectivity index (χ4v) is 2.98. The smallest absolute Gasteiger partial charge is 0.211 e. The molecule has 0 heterocycles. The normalized spacial score (nSPS) is 18.2. The monoisotopic (exact) mass is 264 g/mol. The van der Waals surface area contributed by atoms with Gasteiger partial charge >= 0.3 is 0 Å². The zero-order chi connectivity index (χ0) is 12.8. The Morgan fingerprint density at radius 2 is 2.06 bits per heavy atom. The molecule has 0 atom stereocenters. The molecule has 6 heteroatoms. The van der Waals surface area contributed by atoms with E-state index in [0.717, 1.165) is 25.8 Å². The van der Waals surface area contributed by atoms with Gasteiger partial charge in [0.25, 0.3) is 0 Å². The van der Waals surface area contributed by atoms with Gasteiger partial charge in [0.15, 0.2) is 0 Å². The molecule has 2 N–H and O–H groups in total. The van der Waals surface area contributed by atoms with E-state index in [1.54, 1.807) is 7.11 Å². The lowest BCUT2D eigenvalue weighted by Crippen LogP contribution is -2.33. The maximum Gasteiger partial charge on any atom is 0.211 e. The molecule has 0 spiro atoms. The molecule has 0 aromatic rings. The van der Waals surface area contributed by atoms with Crippen LogP contribution in [0.5, 0.6) is 0 Å². The van der Waals surface area contributed by atoms with Gasteiger partial charge in [-0.2, -0.15) is 0 Å². The molecule has 0 radical (unpaired) electrons. The number of rotatable bonds is 10. The number of nitrogens with one attached hydrogen (secondary N) is 2. The minimum atomic E-state index is -3.10. The van der Waals surface area contributed by atoms with Gasteiger partial charge in [0.05, 0.1) is 5.75 Å². The summed E-state index contributed by atoms with van der Waals surface area (Å²) in [5.41, 5.74) is 0.173. The topological polar surface area (TPSA) is 67.4 Å². The van der Waals surface area contributed by atoms with Gasteiger partial charge in [0, 0.05) is 20.3 Å². The summed E-state index contributed by atoms with van der Waals surface area (Å²) in [5.74, 6) is 0.203. The molecule has 0 aliphatic heterocycles. The van der Waals surface area contributed by atoms with E-state index in [1.807, 2.05) is 7.05 Å². The molecule has 0 bridgehead atoms. The number of hydrogen-bond donors (Lipinski definition) is 2. The molecule has 1 fully saturated rings. The summed E-state index contributed by atoms with van der Waals surface area (Å²) in [7, 11) is 0.399. The quantitative estimate of drug-likeness (QED) is 0.558. The Hall–Kier alpha value is -0.170. The van der Waals surface area contributed by atoms with E-state index in [-0.39, 0.29) is 11.2 Å². The van der Waals surface area contributed by atoms with E-state index in [1.165, 1.54) is 0 Å². The Morgan fingerprint density at radius 1 is 1.35 bits per heavy atom. The third-order valence-corrected chi connectivity index (χ3v) is 4.71. The van der Waals surface area contributed by atoms with Gasteiger partial charge in [0.2, 0.25) is 10.0 Å². The van der Waals surface area contributed by atoms with Crippen molar-refractivity contribution < 1.29 is 13.2 Å². The third kappa shape index (κ3) is 5.81. The lowest BCUT2D eigenvalue weighted by atomic mass is 10.0. The number of ether oxygens (including phenoxy) is 1. The summed E-state index contributed by atoms with van der Waals surface area (Å²) in [6.07, 6.45) is 3.81. The second-order valence-corrected chi connectivity index (χ2v) is 6.77. The molecule has 0 amide bonds. The SMILES string of the molecule is CNCCCS(=O)(=O)NCC1(CCOC)CC1. The molecule has 0 aromatic carbocycles. The van der Waals surface area contributed by atoms with E-state index in [4.69, 9.17) is 4.74 Å². The van der Waals surface area contributed by atoms with E-state index in [9.17, 15) is 8.42 Å². The summed E-state index contributed by atoms with van der Waals surface area (Å²) in [5, 5.41) is 2.94. The van der Waals surface area contributed by atoms with Crippen molar-refractivity contribution in [1.29, 1.82) is 0 Å². The van der Waals surface area contributed by atoms with Crippen molar-refractivity contribution in [2.24, 2.45) is 5.41 Å². The van der Waals surface area contributed by atoms with Crippen LogP contribution in [0.1, 0.15) is 25.7 Å². The molecular weight excluding hydrogens is 240 g/mol. The summed E-state index contributed by atoms with van der Waals surface area (Å²) >= 11 is 0. The summed E-state index contributed by atoms with van der Waals surface area (Å²) in [4.78, 5) is 0. The van der Waals surface area contributed by atoms with Gasteiger partial charge in [0.1, 0.15) is 0 Å². The van der Waals surface area contributed by atoms with Crippen LogP contribution in [0.3, 0.4) is 0 Å². The van der Waals surface area contributed by atoms with Gasteiger partial charge in [-0.15, -0.1) is 0 Å². The first-order valence-corrected chi connectivity index (χ1v) is 7.80. The Labute approximate surface area is 104 Å². The maximum atomic E-state index is 11.7. The molecular formula is C11H24N2O3S. The fraction of sp³-hybridized carbons (Fsp3) is 1.00. The third-order valence-electron chi connectivity index (χ3n) is 3.30. The second kappa shape index (κ2) is 6.68. The summed E-state index contributed by atoms with van der Waals surface area (Å²) < 4.78 is 31.1. The van der Waals surface area contributed by atoms with Gasteiger partial charge in [-0.25, -0.2) is 13.1 Å². The maximum absolute atomic E-state index is 11.7. The molecule has 0 aromatic heterocycles. The van der Waals surface area contributed by atoms with Gasteiger partial charge in [-0.1, -0.05) is 0 Å². The van der Waals surface area contributed by atoms with E-state index < -0.39 is 10.0 Å². The largest absolute Gasteiger partial charge is 0.385 e. The molecule has 1 rings (SSSR count). The van der Waals surface area contributed by atoms with Crippen LogP contribution in [0.25, 0.3) is 0 Å². The fourth-order valence-electron chi connectivity index (χ4n) is 1.78. The van der Waals surface area contributed by atoms with Crippen molar-refractivity contribution in [3.8, 4) is 0 Å². The van der Waals surface area contributed by atoms with E-state index >= 15 is 0 Å². The first-order valence-electron chi connectivity index (χ1n) is 6.14. The molecule has 1 aliphatic carbocycles. The van der Waals surface area contributed by atoms with Crippen LogP contribution in [0.2, 0.25) is 0 Å². The predicted octanol–water partition coefficient (Wildman–Crippen LogP) is 0.332. The van der Waals surface area contributed by atoms with Crippen LogP contribution in [-0.2, 0) is 14.8 Å². The van der Waals surface area contributed by atoms with Gasteiger partial charge in [-0.05, 0) is 44.7 Å². The van der Waals surface area contributed by atoms with Crippen molar-refractivity contribution in [2.45, 2.75) is 25.7 Å². The Kier molecular flexibility index (Phi) is 5.85. The van der Waals surface area contributed by atoms with Crippen LogP contribution < -0.4 is 10.0 Å². The first kappa shape index (κ1) is 14.9. The molecule has 0 unspecified atom stereocenters.